The number of anilines is 1. The first-order chi connectivity index (χ1) is 12.2. The molecule has 1 aliphatic heterocycles. The Labute approximate surface area is 145 Å². The van der Waals surface area contributed by atoms with E-state index in [0.717, 1.165) is 48.3 Å². The van der Waals surface area contributed by atoms with Gasteiger partial charge in [-0.05, 0) is 31.9 Å². The number of rotatable bonds is 3. The van der Waals surface area contributed by atoms with Gasteiger partial charge < -0.3 is 10.1 Å². The molecular weight excluding hydrogens is 316 g/mol. The van der Waals surface area contributed by atoms with Crippen molar-refractivity contribution in [3.8, 4) is 0 Å². The first-order valence-corrected chi connectivity index (χ1v) is 8.51. The first kappa shape index (κ1) is 15.8. The van der Waals surface area contributed by atoms with Crippen molar-refractivity contribution in [3.05, 3.63) is 54.0 Å². The molecule has 2 aromatic heterocycles. The van der Waals surface area contributed by atoms with Crippen LogP contribution in [0.15, 0.2) is 42.6 Å². The topological polar surface area (TPSA) is 69.0 Å². The van der Waals surface area contributed by atoms with Crippen molar-refractivity contribution >= 4 is 22.5 Å². The summed E-state index contributed by atoms with van der Waals surface area (Å²) in [6.45, 7) is 3.41. The number of hydrogen-bond acceptors (Lipinski definition) is 4. The summed E-state index contributed by atoms with van der Waals surface area (Å²) >= 11 is 0. The lowest BCUT2D eigenvalue weighted by Gasteiger charge is -2.22. The van der Waals surface area contributed by atoms with E-state index in [1.807, 2.05) is 48.1 Å². The van der Waals surface area contributed by atoms with Crippen LogP contribution in [0.5, 0.6) is 0 Å². The average Bonchev–Trinajstić information content (AvgIpc) is 3.02. The number of amides is 1. The molecule has 0 bridgehead atoms. The average molecular weight is 336 g/mol. The van der Waals surface area contributed by atoms with E-state index in [4.69, 9.17) is 4.74 Å². The van der Waals surface area contributed by atoms with Crippen molar-refractivity contribution in [2.75, 3.05) is 18.5 Å². The van der Waals surface area contributed by atoms with Gasteiger partial charge in [0.2, 0.25) is 0 Å². The molecule has 1 fully saturated rings. The monoisotopic (exact) mass is 336 g/mol. The van der Waals surface area contributed by atoms with E-state index in [1.54, 1.807) is 6.07 Å². The molecule has 1 saturated heterocycles. The van der Waals surface area contributed by atoms with E-state index >= 15 is 0 Å². The zero-order valence-corrected chi connectivity index (χ0v) is 14.1. The molecule has 6 heteroatoms. The van der Waals surface area contributed by atoms with E-state index in [1.165, 1.54) is 0 Å². The minimum absolute atomic E-state index is 0.222. The lowest BCUT2D eigenvalue weighted by molar-refractivity contribution is 0.0662. The minimum atomic E-state index is -0.222. The van der Waals surface area contributed by atoms with Crippen molar-refractivity contribution in [1.29, 1.82) is 0 Å². The van der Waals surface area contributed by atoms with E-state index in [-0.39, 0.29) is 5.91 Å². The lowest BCUT2D eigenvalue weighted by atomic mass is 10.1. The van der Waals surface area contributed by atoms with E-state index < -0.39 is 0 Å². The number of carbonyl (C=O) groups excluding carboxylic acids is 1. The van der Waals surface area contributed by atoms with Gasteiger partial charge in [0.05, 0.1) is 22.9 Å². The number of para-hydroxylation sites is 1. The third-order valence-electron chi connectivity index (χ3n) is 4.56. The molecule has 0 atom stereocenters. The van der Waals surface area contributed by atoms with Crippen molar-refractivity contribution in [1.82, 2.24) is 14.8 Å². The predicted octanol–water partition coefficient (Wildman–Crippen LogP) is 3.34. The van der Waals surface area contributed by atoms with E-state index in [9.17, 15) is 4.79 Å². The second-order valence-electron chi connectivity index (χ2n) is 6.30. The first-order valence-electron chi connectivity index (χ1n) is 8.51. The van der Waals surface area contributed by atoms with Gasteiger partial charge in [0.15, 0.2) is 0 Å². The van der Waals surface area contributed by atoms with Gasteiger partial charge >= 0.3 is 0 Å². The number of hydrogen-bond donors (Lipinski definition) is 1. The molecule has 3 heterocycles. The highest BCUT2D eigenvalue weighted by atomic mass is 16.5. The fourth-order valence-electron chi connectivity index (χ4n) is 3.12. The Hall–Kier alpha value is -2.73. The SMILES string of the molecule is Cc1nn(C2CCOCC2)cc1NC(=O)c1ccc2ccccc2n1. The maximum atomic E-state index is 12.6. The summed E-state index contributed by atoms with van der Waals surface area (Å²) in [5.74, 6) is -0.222. The van der Waals surface area contributed by atoms with Crippen LogP contribution in [-0.4, -0.2) is 33.9 Å². The molecule has 1 N–H and O–H groups in total. The highest BCUT2D eigenvalue weighted by Crippen LogP contribution is 2.24. The molecule has 0 unspecified atom stereocenters. The third kappa shape index (κ3) is 3.25. The van der Waals surface area contributed by atoms with Gasteiger partial charge in [0.25, 0.3) is 5.91 Å². The molecule has 6 nitrogen and oxygen atoms in total. The van der Waals surface area contributed by atoms with Crippen LogP contribution in [0.4, 0.5) is 5.69 Å². The highest BCUT2D eigenvalue weighted by Gasteiger charge is 2.19. The summed E-state index contributed by atoms with van der Waals surface area (Å²) in [6.07, 6.45) is 3.80. The van der Waals surface area contributed by atoms with Crippen molar-refractivity contribution in [2.45, 2.75) is 25.8 Å². The van der Waals surface area contributed by atoms with Crippen LogP contribution >= 0.6 is 0 Å². The zero-order valence-electron chi connectivity index (χ0n) is 14.1. The summed E-state index contributed by atoms with van der Waals surface area (Å²) in [6, 6.07) is 11.7. The van der Waals surface area contributed by atoms with Gasteiger partial charge in [-0.1, -0.05) is 24.3 Å². The fourth-order valence-corrected chi connectivity index (χ4v) is 3.12. The number of pyridine rings is 1. The summed E-state index contributed by atoms with van der Waals surface area (Å²) in [4.78, 5) is 17.0. The summed E-state index contributed by atoms with van der Waals surface area (Å²) in [5, 5.41) is 8.51. The van der Waals surface area contributed by atoms with E-state index in [0.29, 0.717) is 11.7 Å². The smallest absolute Gasteiger partial charge is 0.274 e. The molecule has 0 saturated carbocycles. The molecule has 25 heavy (non-hydrogen) atoms. The standard InChI is InChI=1S/C19H20N4O2/c1-13-18(12-23(22-13)15-8-10-25-11-9-15)21-19(24)17-7-6-14-4-2-3-5-16(14)20-17/h2-7,12,15H,8-11H2,1H3,(H,21,24). The minimum Gasteiger partial charge on any atom is -0.381 e. The maximum absolute atomic E-state index is 12.6. The molecular formula is C19H20N4O2. The van der Waals surface area contributed by atoms with Crippen molar-refractivity contribution in [3.63, 3.8) is 0 Å². The van der Waals surface area contributed by atoms with Crippen LogP contribution in [0.25, 0.3) is 10.9 Å². The second kappa shape index (κ2) is 6.64. The molecule has 3 aromatic rings. The van der Waals surface area contributed by atoms with Crippen LogP contribution in [0.3, 0.4) is 0 Å². The Morgan fingerprint density at radius 1 is 1.20 bits per heavy atom. The molecule has 4 rings (SSSR count). The quantitative estimate of drug-likeness (QED) is 0.796. The van der Waals surface area contributed by atoms with Gasteiger partial charge in [0.1, 0.15) is 5.69 Å². The number of nitrogens with zero attached hydrogens (tertiary/aromatic N) is 3. The summed E-state index contributed by atoms with van der Waals surface area (Å²) in [5.41, 5.74) is 2.74. The van der Waals surface area contributed by atoms with Crippen molar-refractivity contribution in [2.24, 2.45) is 0 Å². The van der Waals surface area contributed by atoms with Crippen LogP contribution in [0.1, 0.15) is 35.1 Å². The normalized spacial score (nSPS) is 15.4. The molecule has 0 spiro atoms. The van der Waals surface area contributed by atoms with E-state index in [2.05, 4.69) is 15.4 Å². The van der Waals surface area contributed by atoms with Gasteiger partial charge in [0, 0.05) is 24.8 Å². The van der Waals surface area contributed by atoms with Gasteiger partial charge in [-0.15, -0.1) is 0 Å². The second-order valence-corrected chi connectivity index (χ2v) is 6.30. The van der Waals surface area contributed by atoms with Crippen LogP contribution in [0.2, 0.25) is 0 Å². The number of nitrogens with one attached hydrogen (secondary N) is 1. The number of benzene rings is 1. The number of aryl methyl sites for hydroxylation is 1. The Morgan fingerprint density at radius 3 is 2.84 bits per heavy atom. The Kier molecular flexibility index (Phi) is 4.19. The fraction of sp³-hybridized carbons (Fsp3) is 0.316. The molecule has 1 aromatic carbocycles. The number of fused-ring (bicyclic) bond motifs is 1. The van der Waals surface area contributed by atoms with Crippen molar-refractivity contribution < 1.29 is 9.53 Å². The highest BCUT2D eigenvalue weighted by molar-refractivity contribution is 6.04. The Balaban J connectivity index is 1.54. The number of aromatic nitrogens is 3. The Morgan fingerprint density at radius 2 is 2.00 bits per heavy atom. The summed E-state index contributed by atoms with van der Waals surface area (Å²) < 4.78 is 7.34. The largest absolute Gasteiger partial charge is 0.381 e. The summed E-state index contributed by atoms with van der Waals surface area (Å²) in [7, 11) is 0. The van der Waals surface area contributed by atoms with Gasteiger partial charge in [-0.2, -0.15) is 5.10 Å². The molecule has 1 amide bonds. The molecule has 0 aliphatic carbocycles. The molecule has 128 valence electrons. The Bertz CT molecular complexity index is 913. The maximum Gasteiger partial charge on any atom is 0.274 e. The molecule has 1 aliphatic rings. The third-order valence-corrected chi connectivity index (χ3v) is 4.56. The number of ether oxygens (including phenoxy) is 1. The molecule has 0 radical (unpaired) electrons. The van der Waals surface area contributed by atoms with Gasteiger partial charge in [-0.25, -0.2) is 4.98 Å². The number of carbonyl (C=O) groups is 1. The van der Waals surface area contributed by atoms with Crippen LogP contribution in [0, 0.1) is 6.92 Å². The van der Waals surface area contributed by atoms with Gasteiger partial charge in [-0.3, -0.25) is 9.48 Å². The van der Waals surface area contributed by atoms with Crippen LogP contribution in [-0.2, 0) is 4.74 Å². The lowest BCUT2D eigenvalue weighted by Crippen LogP contribution is -2.20. The predicted molar refractivity (Wildman–Crippen MR) is 95.8 cm³/mol. The zero-order chi connectivity index (χ0) is 17.2. The van der Waals surface area contributed by atoms with Crippen LogP contribution < -0.4 is 5.32 Å².